The lowest BCUT2D eigenvalue weighted by molar-refractivity contribution is 0.353. The van der Waals surface area contributed by atoms with Gasteiger partial charge >= 0.3 is 0 Å². The molecule has 0 atom stereocenters. The van der Waals surface area contributed by atoms with Crippen LogP contribution in [0.5, 0.6) is 11.5 Å². The summed E-state index contributed by atoms with van der Waals surface area (Å²) in [4.78, 5) is 9.02. The summed E-state index contributed by atoms with van der Waals surface area (Å²) in [5.41, 5.74) is 2.52. The van der Waals surface area contributed by atoms with Gasteiger partial charge in [0.25, 0.3) is 0 Å². The molecule has 0 radical (unpaired) electrons. The van der Waals surface area contributed by atoms with Crippen molar-refractivity contribution >= 4 is 11.8 Å². The van der Waals surface area contributed by atoms with E-state index in [0.717, 1.165) is 56.2 Å². The van der Waals surface area contributed by atoms with Crippen molar-refractivity contribution in [2.45, 2.75) is 32.7 Å². The monoisotopic (exact) mass is 357 g/mol. The van der Waals surface area contributed by atoms with E-state index in [4.69, 9.17) is 14.5 Å². The van der Waals surface area contributed by atoms with Gasteiger partial charge in [0, 0.05) is 26.7 Å². The van der Waals surface area contributed by atoms with Crippen LogP contribution >= 0.6 is 0 Å². The Kier molecular flexibility index (Phi) is 5.75. The molecule has 1 aromatic carbocycles. The van der Waals surface area contributed by atoms with Crippen molar-refractivity contribution in [3.63, 3.8) is 0 Å². The van der Waals surface area contributed by atoms with Crippen LogP contribution in [-0.2, 0) is 13.0 Å². The molecule has 7 nitrogen and oxygen atoms in total. The van der Waals surface area contributed by atoms with Gasteiger partial charge in [-0.3, -0.25) is 0 Å². The van der Waals surface area contributed by atoms with E-state index in [1.165, 1.54) is 11.1 Å². The summed E-state index contributed by atoms with van der Waals surface area (Å²) in [7, 11) is 5.35. The molecule has 0 unspecified atom stereocenters. The van der Waals surface area contributed by atoms with E-state index in [0.29, 0.717) is 5.95 Å². The van der Waals surface area contributed by atoms with Gasteiger partial charge in [-0.25, -0.2) is 0 Å². The maximum atomic E-state index is 5.44. The summed E-state index contributed by atoms with van der Waals surface area (Å²) in [6.07, 6.45) is 4.93. The van der Waals surface area contributed by atoms with E-state index in [1.807, 2.05) is 7.05 Å². The van der Waals surface area contributed by atoms with Crippen LogP contribution in [0.2, 0.25) is 0 Å². The zero-order valence-electron chi connectivity index (χ0n) is 16.0. The molecule has 0 fully saturated rings. The highest BCUT2D eigenvalue weighted by molar-refractivity contribution is 5.52. The van der Waals surface area contributed by atoms with Crippen LogP contribution in [0.1, 0.15) is 30.9 Å². The van der Waals surface area contributed by atoms with Crippen LogP contribution in [0.15, 0.2) is 18.3 Å². The minimum Gasteiger partial charge on any atom is -0.493 e. The second-order valence-corrected chi connectivity index (χ2v) is 6.54. The smallest absolute Gasteiger partial charge is 0.247 e. The van der Waals surface area contributed by atoms with Gasteiger partial charge in [0.15, 0.2) is 17.3 Å². The Morgan fingerprint density at radius 1 is 1.15 bits per heavy atom. The topological polar surface area (TPSA) is 63.6 Å². The molecular weight excluding hydrogens is 330 g/mol. The largest absolute Gasteiger partial charge is 0.493 e. The number of hydrogen-bond donors (Lipinski definition) is 0. The molecule has 0 bridgehead atoms. The van der Waals surface area contributed by atoms with Crippen molar-refractivity contribution in [3.05, 3.63) is 29.5 Å². The number of anilines is 2. The predicted molar refractivity (Wildman–Crippen MR) is 102 cm³/mol. The number of benzene rings is 1. The van der Waals surface area contributed by atoms with Crippen molar-refractivity contribution in [3.8, 4) is 11.5 Å². The second-order valence-electron chi connectivity index (χ2n) is 6.54. The first-order valence-electron chi connectivity index (χ1n) is 9.05. The van der Waals surface area contributed by atoms with Gasteiger partial charge in [0.05, 0.1) is 20.4 Å². The van der Waals surface area contributed by atoms with Crippen LogP contribution in [0.25, 0.3) is 0 Å². The lowest BCUT2D eigenvalue weighted by atomic mass is 9.99. The maximum Gasteiger partial charge on any atom is 0.247 e. The molecule has 0 amide bonds. The van der Waals surface area contributed by atoms with E-state index in [9.17, 15) is 0 Å². The fourth-order valence-electron chi connectivity index (χ4n) is 3.17. The standard InChI is InChI=1S/C19H27N5O2/c1-5-6-8-23(2)19-21-18(12-20-22-19)24-9-7-14-10-16(25-3)17(26-4)11-15(14)13-24/h10-12H,5-9,13H2,1-4H3. The maximum absolute atomic E-state index is 5.44. The Bertz CT molecular complexity index is 753. The molecule has 0 N–H and O–H groups in total. The minimum absolute atomic E-state index is 0.675. The minimum atomic E-state index is 0.675. The van der Waals surface area contributed by atoms with Crippen molar-refractivity contribution in [2.24, 2.45) is 0 Å². The number of unbranched alkanes of at least 4 members (excludes halogenated alkanes) is 1. The Balaban J connectivity index is 1.80. The van der Waals surface area contributed by atoms with Gasteiger partial charge in [-0.1, -0.05) is 13.3 Å². The first kappa shape index (κ1) is 18.2. The van der Waals surface area contributed by atoms with E-state index in [-0.39, 0.29) is 0 Å². The summed E-state index contributed by atoms with van der Waals surface area (Å²) in [6, 6.07) is 4.14. The predicted octanol–water partition coefficient (Wildman–Crippen LogP) is 2.69. The molecule has 140 valence electrons. The van der Waals surface area contributed by atoms with Gasteiger partial charge in [-0.2, -0.15) is 10.1 Å². The lowest BCUT2D eigenvalue weighted by Gasteiger charge is -2.30. The SMILES string of the molecule is CCCCN(C)c1nncc(N2CCc3cc(OC)c(OC)cc3C2)n1. The molecule has 0 saturated heterocycles. The third-order valence-corrected chi connectivity index (χ3v) is 4.77. The first-order chi connectivity index (χ1) is 12.7. The van der Waals surface area contributed by atoms with Crippen LogP contribution in [-0.4, -0.2) is 49.5 Å². The summed E-state index contributed by atoms with van der Waals surface area (Å²) >= 11 is 0. The molecule has 2 aromatic rings. The van der Waals surface area contributed by atoms with Crippen LogP contribution in [0, 0.1) is 0 Å². The van der Waals surface area contributed by atoms with Gasteiger partial charge in [0.2, 0.25) is 5.95 Å². The zero-order valence-corrected chi connectivity index (χ0v) is 16.0. The first-order valence-corrected chi connectivity index (χ1v) is 9.05. The van der Waals surface area contributed by atoms with E-state index in [2.05, 4.69) is 39.1 Å². The molecule has 26 heavy (non-hydrogen) atoms. The van der Waals surface area contributed by atoms with Crippen molar-refractivity contribution in [1.29, 1.82) is 0 Å². The number of nitrogens with zero attached hydrogens (tertiary/aromatic N) is 5. The van der Waals surface area contributed by atoms with Crippen LogP contribution in [0.3, 0.4) is 0 Å². The summed E-state index contributed by atoms with van der Waals surface area (Å²) in [5, 5.41) is 8.35. The summed E-state index contributed by atoms with van der Waals surface area (Å²) in [5.74, 6) is 3.07. The molecule has 0 saturated carbocycles. The molecule has 1 aliphatic heterocycles. The third kappa shape index (κ3) is 3.81. The Hall–Kier alpha value is -2.57. The normalized spacial score (nSPS) is 13.3. The zero-order chi connectivity index (χ0) is 18.5. The summed E-state index contributed by atoms with van der Waals surface area (Å²) in [6.45, 7) is 4.77. The van der Waals surface area contributed by atoms with Gasteiger partial charge in [-0.05, 0) is 36.1 Å². The molecule has 1 aromatic heterocycles. The number of ether oxygens (including phenoxy) is 2. The number of rotatable bonds is 7. The highest BCUT2D eigenvalue weighted by Crippen LogP contribution is 2.34. The Morgan fingerprint density at radius 3 is 2.58 bits per heavy atom. The highest BCUT2D eigenvalue weighted by Gasteiger charge is 2.21. The van der Waals surface area contributed by atoms with E-state index in [1.54, 1.807) is 20.4 Å². The lowest BCUT2D eigenvalue weighted by Crippen LogP contribution is -2.32. The van der Waals surface area contributed by atoms with Crippen LogP contribution in [0.4, 0.5) is 11.8 Å². The third-order valence-electron chi connectivity index (χ3n) is 4.77. The summed E-state index contributed by atoms with van der Waals surface area (Å²) < 4.78 is 10.9. The van der Waals surface area contributed by atoms with Crippen molar-refractivity contribution < 1.29 is 9.47 Å². The molecule has 1 aliphatic rings. The Morgan fingerprint density at radius 2 is 1.88 bits per heavy atom. The molecule has 2 heterocycles. The quantitative estimate of drug-likeness (QED) is 0.755. The molecule has 7 heteroatoms. The average molecular weight is 357 g/mol. The molecule has 0 spiro atoms. The van der Waals surface area contributed by atoms with E-state index >= 15 is 0 Å². The number of fused-ring (bicyclic) bond motifs is 1. The van der Waals surface area contributed by atoms with E-state index < -0.39 is 0 Å². The van der Waals surface area contributed by atoms with Crippen molar-refractivity contribution in [1.82, 2.24) is 15.2 Å². The van der Waals surface area contributed by atoms with Crippen LogP contribution < -0.4 is 19.3 Å². The van der Waals surface area contributed by atoms with Gasteiger partial charge in [-0.15, -0.1) is 5.10 Å². The highest BCUT2D eigenvalue weighted by atomic mass is 16.5. The fourth-order valence-corrected chi connectivity index (χ4v) is 3.17. The number of methoxy groups -OCH3 is 2. The Labute approximate surface area is 155 Å². The number of aromatic nitrogens is 3. The van der Waals surface area contributed by atoms with Crippen molar-refractivity contribution in [2.75, 3.05) is 44.2 Å². The molecule has 3 rings (SSSR count). The number of hydrogen-bond acceptors (Lipinski definition) is 7. The molecule has 0 aliphatic carbocycles. The fraction of sp³-hybridized carbons (Fsp3) is 0.526. The van der Waals surface area contributed by atoms with Gasteiger partial charge in [0.1, 0.15) is 0 Å². The second kappa shape index (κ2) is 8.21. The van der Waals surface area contributed by atoms with Gasteiger partial charge < -0.3 is 19.3 Å². The molecular formula is C19H27N5O2. The average Bonchev–Trinajstić information content (AvgIpc) is 2.70.